The number of nitrogens with one attached hydrogen (secondary N) is 1. The van der Waals surface area contributed by atoms with E-state index in [1.54, 1.807) is 17.4 Å². The van der Waals surface area contributed by atoms with E-state index in [-0.39, 0.29) is 5.78 Å². The zero-order valence-corrected chi connectivity index (χ0v) is 12.0. The predicted octanol–water partition coefficient (Wildman–Crippen LogP) is 3.06. The molecular weight excluding hydrogens is 268 g/mol. The van der Waals surface area contributed by atoms with Gasteiger partial charge >= 0.3 is 0 Å². The molecule has 1 aliphatic rings. The molecule has 20 heavy (non-hydrogen) atoms. The van der Waals surface area contributed by atoms with Gasteiger partial charge in [0.05, 0.1) is 5.69 Å². The first-order chi connectivity index (χ1) is 9.72. The molecule has 0 spiro atoms. The molecule has 0 saturated heterocycles. The molecule has 0 fully saturated rings. The highest BCUT2D eigenvalue weighted by molar-refractivity contribution is 7.10. The second-order valence-electron chi connectivity index (χ2n) is 5.04. The Balaban J connectivity index is 1.80. The molecule has 0 radical (unpaired) electrons. The van der Waals surface area contributed by atoms with Crippen LogP contribution in [-0.2, 0) is 4.79 Å². The Morgan fingerprint density at radius 2 is 2.00 bits per heavy atom. The standard InChI is InChI=1S/C16H16N2OS/c17-14-4-1-2-5-15(14)18-12-8-11(9-13(19)10-12)16-6-3-7-20-16/h1-7,10-11,18H,8-9,17H2/p+1. The van der Waals surface area contributed by atoms with Crippen LogP contribution in [0.2, 0.25) is 0 Å². The fourth-order valence-corrected chi connectivity index (χ4v) is 3.35. The van der Waals surface area contributed by atoms with Gasteiger partial charge in [-0.25, -0.2) is 0 Å². The Morgan fingerprint density at radius 1 is 1.15 bits per heavy atom. The maximum absolute atomic E-state index is 11.9. The van der Waals surface area contributed by atoms with E-state index in [4.69, 9.17) is 0 Å². The quantitative estimate of drug-likeness (QED) is 0.910. The Labute approximate surface area is 122 Å². The molecule has 3 rings (SSSR count). The average Bonchev–Trinajstić information content (AvgIpc) is 2.95. The molecule has 1 aliphatic carbocycles. The van der Waals surface area contributed by atoms with Gasteiger partial charge in [0.2, 0.25) is 0 Å². The Bertz CT molecular complexity index is 646. The Hall–Kier alpha value is -1.91. The minimum Gasteiger partial charge on any atom is -0.354 e. The number of ketones is 1. The number of benzene rings is 1. The third kappa shape index (κ3) is 2.81. The van der Waals surface area contributed by atoms with Crippen molar-refractivity contribution in [3.63, 3.8) is 0 Å². The summed E-state index contributed by atoms with van der Waals surface area (Å²) in [5.74, 6) is 0.491. The lowest BCUT2D eigenvalue weighted by atomic mass is 9.90. The van der Waals surface area contributed by atoms with Crippen molar-refractivity contribution in [2.45, 2.75) is 18.8 Å². The molecule has 1 heterocycles. The summed E-state index contributed by atoms with van der Waals surface area (Å²) in [6.07, 6.45) is 3.22. The van der Waals surface area contributed by atoms with Crippen molar-refractivity contribution >= 4 is 28.5 Å². The molecule has 0 bridgehead atoms. The first-order valence-corrected chi connectivity index (χ1v) is 7.55. The molecule has 102 valence electrons. The van der Waals surface area contributed by atoms with E-state index in [0.717, 1.165) is 23.5 Å². The largest absolute Gasteiger partial charge is 0.354 e. The molecule has 1 unspecified atom stereocenters. The molecule has 1 aromatic heterocycles. The molecule has 4 N–H and O–H groups in total. The van der Waals surface area contributed by atoms with Gasteiger partial charge in [0.25, 0.3) is 0 Å². The van der Waals surface area contributed by atoms with Crippen molar-refractivity contribution < 1.29 is 10.5 Å². The normalized spacial score (nSPS) is 18.8. The predicted molar refractivity (Wildman–Crippen MR) is 82.0 cm³/mol. The van der Waals surface area contributed by atoms with E-state index in [1.807, 2.05) is 30.3 Å². The van der Waals surface area contributed by atoms with Gasteiger partial charge in [-0.15, -0.1) is 11.3 Å². The van der Waals surface area contributed by atoms with Crippen LogP contribution in [0.4, 0.5) is 11.4 Å². The third-order valence-corrected chi connectivity index (χ3v) is 4.54. The van der Waals surface area contributed by atoms with Crippen LogP contribution in [-0.4, -0.2) is 5.78 Å². The minimum atomic E-state index is 0.193. The van der Waals surface area contributed by atoms with Gasteiger partial charge in [0.1, 0.15) is 0 Å². The number of anilines is 1. The molecule has 0 amide bonds. The lowest BCUT2D eigenvalue weighted by molar-refractivity contribution is -0.253. The first-order valence-electron chi connectivity index (χ1n) is 6.67. The van der Waals surface area contributed by atoms with E-state index < -0.39 is 0 Å². The van der Waals surface area contributed by atoms with E-state index in [1.165, 1.54) is 4.88 Å². The Kier molecular flexibility index (Phi) is 3.67. The minimum absolute atomic E-state index is 0.193. The average molecular weight is 285 g/mol. The molecule has 4 heteroatoms. The number of allylic oxidation sites excluding steroid dienone is 2. The molecule has 1 atom stereocenters. The number of thiophene rings is 1. The molecule has 2 aromatic rings. The van der Waals surface area contributed by atoms with Crippen LogP contribution >= 0.6 is 11.3 Å². The number of carbonyl (C=O) groups is 1. The maximum Gasteiger partial charge on any atom is 0.158 e. The number of para-hydroxylation sites is 1. The topological polar surface area (TPSA) is 56.7 Å². The molecule has 1 aromatic carbocycles. The van der Waals surface area contributed by atoms with Crippen LogP contribution in [0.1, 0.15) is 23.6 Å². The lowest BCUT2D eigenvalue weighted by Crippen LogP contribution is -2.41. The second-order valence-corrected chi connectivity index (χ2v) is 6.02. The highest BCUT2D eigenvalue weighted by Gasteiger charge is 2.23. The van der Waals surface area contributed by atoms with Crippen LogP contribution in [0.3, 0.4) is 0 Å². The summed E-state index contributed by atoms with van der Waals surface area (Å²) in [5.41, 5.74) is 6.90. The maximum atomic E-state index is 11.9. The lowest BCUT2D eigenvalue weighted by Gasteiger charge is -2.22. The summed E-state index contributed by atoms with van der Waals surface area (Å²) in [7, 11) is 0. The second kappa shape index (κ2) is 5.61. The van der Waals surface area contributed by atoms with Crippen molar-refractivity contribution in [3.8, 4) is 0 Å². The number of carbonyl (C=O) groups excluding carboxylic acids is 1. The van der Waals surface area contributed by atoms with Crippen LogP contribution in [0.15, 0.2) is 53.6 Å². The van der Waals surface area contributed by atoms with E-state index in [0.29, 0.717) is 12.3 Å². The van der Waals surface area contributed by atoms with Crippen molar-refractivity contribution in [1.82, 2.24) is 0 Å². The monoisotopic (exact) mass is 285 g/mol. The zero-order valence-electron chi connectivity index (χ0n) is 11.1. The van der Waals surface area contributed by atoms with Crippen molar-refractivity contribution in [2.24, 2.45) is 0 Å². The molecular formula is C16H17N2OS+. The van der Waals surface area contributed by atoms with Crippen LogP contribution in [0.25, 0.3) is 0 Å². The van der Waals surface area contributed by atoms with Crippen molar-refractivity contribution in [2.75, 3.05) is 5.32 Å². The summed E-state index contributed by atoms with van der Waals surface area (Å²) in [4.78, 5) is 13.2. The van der Waals surface area contributed by atoms with Crippen LogP contribution in [0, 0.1) is 0 Å². The fraction of sp³-hybridized carbons (Fsp3) is 0.188. The van der Waals surface area contributed by atoms with Gasteiger partial charge in [-0.05, 0) is 23.9 Å². The van der Waals surface area contributed by atoms with Gasteiger partial charge in [0.15, 0.2) is 11.5 Å². The highest BCUT2D eigenvalue weighted by Crippen LogP contribution is 2.34. The number of hydrogen-bond donors (Lipinski definition) is 2. The summed E-state index contributed by atoms with van der Waals surface area (Å²) in [5, 5.41) is 5.42. The Morgan fingerprint density at radius 3 is 2.75 bits per heavy atom. The smallest absolute Gasteiger partial charge is 0.158 e. The SMILES string of the molecule is [NH3+]c1ccccc1NC1=CC(=O)CC(c2cccs2)C1. The van der Waals surface area contributed by atoms with Crippen molar-refractivity contribution in [1.29, 1.82) is 0 Å². The number of hydrogen-bond acceptors (Lipinski definition) is 3. The zero-order chi connectivity index (χ0) is 13.9. The van der Waals surface area contributed by atoms with Crippen LogP contribution in [0.5, 0.6) is 0 Å². The number of quaternary nitrogens is 1. The van der Waals surface area contributed by atoms with E-state index in [9.17, 15) is 4.79 Å². The third-order valence-electron chi connectivity index (χ3n) is 3.51. The molecule has 3 nitrogen and oxygen atoms in total. The highest BCUT2D eigenvalue weighted by atomic mass is 32.1. The van der Waals surface area contributed by atoms with Gasteiger partial charge in [-0.3, -0.25) is 4.79 Å². The number of rotatable bonds is 3. The van der Waals surface area contributed by atoms with Gasteiger partial charge in [-0.1, -0.05) is 18.2 Å². The summed E-state index contributed by atoms with van der Waals surface area (Å²) in [6, 6.07) is 12.0. The summed E-state index contributed by atoms with van der Waals surface area (Å²) in [6.45, 7) is 0. The van der Waals surface area contributed by atoms with E-state index >= 15 is 0 Å². The van der Waals surface area contributed by atoms with Crippen LogP contribution < -0.4 is 11.1 Å². The molecule has 0 saturated carbocycles. The first kappa shape index (κ1) is 13.1. The van der Waals surface area contributed by atoms with Crippen molar-refractivity contribution in [3.05, 3.63) is 58.4 Å². The van der Waals surface area contributed by atoms with Gasteiger partial charge < -0.3 is 11.1 Å². The summed E-state index contributed by atoms with van der Waals surface area (Å²) < 4.78 is 0. The summed E-state index contributed by atoms with van der Waals surface area (Å²) >= 11 is 1.72. The fourth-order valence-electron chi connectivity index (χ4n) is 2.52. The van der Waals surface area contributed by atoms with Gasteiger partial charge in [-0.2, -0.15) is 0 Å². The molecule has 0 aliphatic heterocycles. The van der Waals surface area contributed by atoms with E-state index in [2.05, 4.69) is 22.5 Å². The van der Waals surface area contributed by atoms with Gasteiger partial charge in [0, 0.05) is 35.1 Å².